The minimum absolute atomic E-state index is 0.114. The molecular weight excluding hydrogens is 266 g/mol. The zero-order valence-corrected chi connectivity index (χ0v) is 13.5. The van der Waals surface area contributed by atoms with Crippen molar-refractivity contribution >= 4 is 17.5 Å². The van der Waals surface area contributed by atoms with Crippen LogP contribution in [0, 0.1) is 6.92 Å². The van der Waals surface area contributed by atoms with E-state index in [4.69, 9.17) is 0 Å². The van der Waals surface area contributed by atoms with Crippen LogP contribution in [0.2, 0.25) is 0 Å². The lowest BCUT2D eigenvalue weighted by molar-refractivity contribution is -0.119. The van der Waals surface area contributed by atoms with Gasteiger partial charge in [0.25, 0.3) is 0 Å². The number of nitrogens with one attached hydrogen (secondary N) is 3. The number of anilines is 2. The van der Waals surface area contributed by atoms with Crippen molar-refractivity contribution in [2.45, 2.75) is 52.0 Å². The highest BCUT2D eigenvalue weighted by atomic mass is 16.1. The summed E-state index contributed by atoms with van der Waals surface area (Å²) in [6, 6.07) is 0.183. The van der Waals surface area contributed by atoms with E-state index in [2.05, 4.69) is 46.7 Å². The molecule has 0 aromatic carbocycles. The van der Waals surface area contributed by atoms with Gasteiger partial charge in [0.2, 0.25) is 5.91 Å². The van der Waals surface area contributed by atoms with Crippen molar-refractivity contribution in [3.8, 4) is 0 Å². The van der Waals surface area contributed by atoms with E-state index in [1.807, 2.05) is 14.0 Å². The topological polar surface area (TPSA) is 78.9 Å². The zero-order chi connectivity index (χ0) is 15.6. The molecule has 6 nitrogen and oxygen atoms in total. The molecule has 2 rings (SSSR count). The Morgan fingerprint density at radius 3 is 2.48 bits per heavy atom. The van der Waals surface area contributed by atoms with Crippen molar-refractivity contribution in [2.24, 2.45) is 0 Å². The Labute approximate surface area is 126 Å². The monoisotopic (exact) mass is 291 g/mol. The Hall–Kier alpha value is -1.85. The molecule has 1 saturated heterocycles. The van der Waals surface area contributed by atoms with Crippen LogP contribution in [0.25, 0.3) is 0 Å². The third kappa shape index (κ3) is 3.62. The smallest absolute Gasteiger partial charge is 0.220 e. The summed E-state index contributed by atoms with van der Waals surface area (Å²) >= 11 is 0. The summed E-state index contributed by atoms with van der Waals surface area (Å²) in [5.41, 5.74) is 0.881. The summed E-state index contributed by atoms with van der Waals surface area (Å²) in [7, 11) is 1.86. The summed E-state index contributed by atoms with van der Waals surface area (Å²) in [5.74, 6) is 2.61. The minimum Gasteiger partial charge on any atom is -0.373 e. The first kappa shape index (κ1) is 15.5. The summed E-state index contributed by atoms with van der Waals surface area (Å²) < 4.78 is 0. The first-order valence-electron chi connectivity index (χ1n) is 7.41. The maximum absolute atomic E-state index is 11.2. The molecule has 1 aromatic heterocycles. The lowest BCUT2D eigenvalue weighted by atomic mass is 9.95. The Morgan fingerprint density at radius 1 is 1.29 bits per heavy atom. The van der Waals surface area contributed by atoms with Gasteiger partial charge in [-0.1, -0.05) is 20.8 Å². The fourth-order valence-corrected chi connectivity index (χ4v) is 2.32. The van der Waals surface area contributed by atoms with Gasteiger partial charge in [0.05, 0.1) is 0 Å². The Morgan fingerprint density at radius 2 is 1.95 bits per heavy atom. The molecule has 21 heavy (non-hydrogen) atoms. The minimum atomic E-state index is -0.114. The molecule has 1 fully saturated rings. The standard InChI is InChI=1S/C15H25N5O/c1-9-12(16-5)19-14(15(2,3)4)20-13(9)17-8-10-6-7-11(21)18-10/h10H,6-8H2,1-5H3,(H,18,21)(H2,16,17,19,20). The lowest BCUT2D eigenvalue weighted by Crippen LogP contribution is -2.32. The normalized spacial score (nSPS) is 18.5. The van der Waals surface area contributed by atoms with E-state index in [1.165, 1.54) is 0 Å². The van der Waals surface area contributed by atoms with Crippen molar-refractivity contribution < 1.29 is 4.79 Å². The molecule has 1 amide bonds. The van der Waals surface area contributed by atoms with Gasteiger partial charge in [-0.3, -0.25) is 4.79 Å². The highest BCUT2D eigenvalue weighted by Crippen LogP contribution is 2.26. The molecule has 0 bridgehead atoms. The van der Waals surface area contributed by atoms with Crippen LogP contribution in [0.3, 0.4) is 0 Å². The van der Waals surface area contributed by atoms with Crippen molar-refractivity contribution in [3.63, 3.8) is 0 Å². The van der Waals surface area contributed by atoms with Gasteiger partial charge in [0, 0.05) is 37.0 Å². The quantitative estimate of drug-likeness (QED) is 0.788. The van der Waals surface area contributed by atoms with E-state index in [9.17, 15) is 4.79 Å². The van der Waals surface area contributed by atoms with Gasteiger partial charge in [-0.25, -0.2) is 9.97 Å². The van der Waals surface area contributed by atoms with E-state index in [0.29, 0.717) is 13.0 Å². The molecule has 0 aliphatic carbocycles. The van der Waals surface area contributed by atoms with Crippen LogP contribution in [0.5, 0.6) is 0 Å². The van der Waals surface area contributed by atoms with Gasteiger partial charge >= 0.3 is 0 Å². The summed E-state index contributed by atoms with van der Waals surface area (Å²) in [6.07, 6.45) is 1.49. The molecule has 0 spiro atoms. The first-order valence-corrected chi connectivity index (χ1v) is 7.41. The number of amides is 1. The molecule has 2 heterocycles. The van der Waals surface area contributed by atoms with Crippen LogP contribution in [-0.4, -0.2) is 35.5 Å². The lowest BCUT2D eigenvalue weighted by Gasteiger charge is -2.21. The highest BCUT2D eigenvalue weighted by Gasteiger charge is 2.23. The van der Waals surface area contributed by atoms with Gasteiger partial charge < -0.3 is 16.0 Å². The van der Waals surface area contributed by atoms with Crippen molar-refractivity contribution in [3.05, 3.63) is 11.4 Å². The van der Waals surface area contributed by atoms with Gasteiger partial charge in [-0.2, -0.15) is 0 Å². The Balaban J connectivity index is 2.19. The molecule has 116 valence electrons. The predicted octanol–water partition coefficient (Wildman–Crippen LogP) is 1.81. The average Bonchev–Trinajstić information content (AvgIpc) is 2.82. The van der Waals surface area contributed by atoms with E-state index in [1.54, 1.807) is 0 Å². The number of hydrogen-bond acceptors (Lipinski definition) is 5. The molecule has 1 aliphatic rings. The van der Waals surface area contributed by atoms with Crippen molar-refractivity contribution in [1.82, 2.24) is 15.3 Å². The largest absolute Gasteiger partial charge is 0.373 e. The number of carbonyl (C=O) groups excluding carboxylic acids is 1. The van der Waals surface area contributed by atoms with Crippen LogP contribution in [-0.2, 0) is 10.2 Å². The number of nitrogens with zero attached hydrogens (tertiary/aromatic N) is 2. The Kier molecular flexibility index (Phi) is 4.34. The molecule has 0 saturated carbocycles. The number of aromatic nitrogens is 2. The van der Waals surface area contributed by atoms with Crippen LogP contribution in [0.15, 0.2) is 0 Å². The molecule has 6 heteroatoms. The Bertz CT molecular complexity index is 536. The van der Waals surface area contributed by atoms with E-state index in [-0.39, 0.29) is 17.4 Å². The van der Waals surface area contributed by atoms with Crippen LogP contribution in [0.4, 0.5) is 11.6 Å². The molecule has 1 aromatic rings. The molecule has 1 atom stereocenters. The van der Waals surface area contributed by atoms with Crippen LogP contribution >= 0.6 is 0 Å². The third-order valence-corrected chi connectivity index (χ3v) is 3.65. The van der Waals surface area contributed by atoms with Gasteiger partial charge in [-0.15, -0.1) is 0 Å². The highest BCUT2D eigenvalue weighted by molar-refractivity contribution is 5.78. The maximum atomic E-state index is 11.2. The van der Waals surface area contributed by atoms with E-state index < -0.39 is 0 Å². The van der Waals surface area contributed by atoms with E-state index >= 15 is 0 Å². The maximum Gasteiger partial charge on any atom is 0.220 e. The first-order chi connectivity index (χ1) is 9.81. The van der Waals surface area contributed by atoms with E-state index in [0.717, 1.165) is 29.4 Å². The average molecular weight is 291 g/mol. The third-order valence-electron chi connectivity index (χ3n) is 3.65. The predicted molar refractivity (Wildman–Crippen MR) is 84.7 cm³/mol. The fraction of sp³-hybridized carbons (Fsp3) is 0.667. The summed E-state index contributed by atoms with van der Waals surface area (Å²) in [6.45, 7) is 8.97. The molecule has 1 aliphatic heterocycles. The fourth-order valence-electron chi connectivity index (χ4n) is 2.32. The zero-order valence-electron chi connectivity index (χ0n) is 13.5. The van der Waals surface area contributed by atoms with Gasteiger partial charge in [-0.05, 0) is 13.3 Å². The number of rotatable bonds is 4. The molecule has 0 radical (unpaired) electrons. The second kappa shape index (κ2) is 5.87. The van der Waals surface area contributed by atoms with Crippen LogP contribution < -0.4 is 16.0 Å². The second-order valence-electron chi connectivity index (χ2n) is 6.55. The van der Waals surface area contributed by atoms with Crippen LogP contribution in [0.1, 0.15) is 45.0 Å². The van der Waals surface area contributed by atoms with Crippen molar-refractivity contribution in [2.75, 3.05) is 24.2 Å². The van der Waals surface area contributed by atoms with Gasteiger partial charge in [0.15, 0.2) is 0 Å². The number of hydrogen-bond donors (Lipinski definition) is 3. The summed E-state index contributed by atoms with van der Waals surface area (Å²) in [5, 5.41) is 9.44. The molecule has 1 unspecified atom stereocenters. The second-order valence-corrected chi connectivity index (χ2v) is 6.55. The number of carbonyl (C=O) groups is 1. The molecular formula is C15H25N5O. The van der Waals surface area contributed by atoms with Gasteiger partial charge in [0.1, 0.15) is 17.5 Å². The summed E-state index contributed by atoms with van der Waals surface area (Å²) in [4.78, 5) is 20.5. The SMILES string of the molecule is CNc1nc(C(C)(C)C)nc(NCC2CCC(=O)N2)c1C. The molecule has 3 N–H and O–H groups in total. The van der Waals surface area contributed by atoms with Crippen molar-refractivity contribution in [1.29, 1.82) is 0 Å².